The van der Waals surface area contributed by atoms with Crippen molar-refractivity contribution in [3.05, 3.63) is 132 Å². The summed E-state index contributed by atoms with van der Waals surface area (Å²) >= 11 is 0.843. The number of rotatable bonds is 26. The van der Waals surface area contributed by atoms with E-state index in [1.807, 2.05) is 13.8 Å². The molecule has 45 heteroatoms. The first-order valence-electron chi connectivity index (χ1n) is 44.4. The van der Waals surface area contributed by atoms with Crippen molar-refractivity contribution in [3.8, 4) is 0 Å². The molecule has 9 rings (SSSR count). The van der Waals surface area contributed by atoms with E-state index in [-0.39, 0.29) is 101 Å². The summed E-state index contributed by atoms with van der Waals surface area (Å²) in [4.78, 5) is 252. The molecule has 0 aliphatic carbocycles. The van der Waals surface area contributed by atoms with Crippen LogP contribution in [0.5, 0.6) is 0 Å². The molecular weight excluding hydrogens is 1740 g/mol. The quantitative estimate of drug-likeness (QED) is 0.0157. The molecule has 1 saturated heterocycles. The largest absolute Gasteiger partial charge is 0.394 e. The number of aromatic nitrogens is 8. The van der Waals surface area contributed by atoms with Gasteiger partial charge >= 0.3 is 0 Å². The van der Waals surface area contributed by atoms with Crippen LogP contribution < -0.4 is 75.7 Å². The third-order valence-corrected chi connectivity index (χ3v) is 24.1. The molecule has 3 aromatic carbocycles. The monoisotopic (exact) mass is 1860 g/mol. The molecule has 4 aromatic heterocycles. The Morgan fingerprint density at radius 1 is 0.571 bits per heavy atom. The Morgan fingerprint density at radius 3 is 1.76 bits per heavy atom. The number of benzene rings is 3. The summed E-state index contributed by atoms with van der Waals surface area (Å²) in [5.41, 5.74) is 20.2. The van der Waals surface area contributed by atoms with Crippen LogP contribution in [0.2, 0.25) is 0 Å². The Bertz CT molecular complexity index is 5240. The van der Waals surface area contributed by atoms with Crippen LogP contribution in [-0.4, -0.2) is 297 Å². The summed E-state index contributed by atoms with van der Waals surface area (Å²) < 4.78 is 1.08. The van der Waals surface area contributed by atoms with Gasteiger partial charge in [-0.05, 0) is 97.0 Å². The number of aromatic amines is 3. The van der Waals surface area contributed by atoms with E-state index in [1.165, 1.54) is 45.5 Å². The van der Waals surface area contributed by atoms with Gasteiger partial charge in [0.15, 0.2) is 11.8 Å². The Labute approximate surface area is 772 Å². The molecule has 2 aliphatic heterocycles. The molecule has 7 aromatic rings. The van der Waals surface area contributed by atoms with E-state index in [9.17, 15) is 57.8 Å². The molecule has 718 valence electrons. The first kappa shape index (κ1) is 103. The average Bonchev–Trinajstić information content (AvgIpc) is 1.80. The number of H-pyrrole nitrogens is 3. The van der Waals surface area contributed by atoms with E-state index >= 15 is 24.0 Å². The minimum absolute atomic E-state index is 0.00397. The molecule has 6 heterocycles. The van der Waals surface area contributed by atoms with Crippen molar-refractivity contribution in [2.75, 3.05) is 65.4 Å². The highest BCUT2D eigenvalue weighted by molar-refractivity contribution is 8.00. The fourth-order valence-electron chi connectivity index (χ4n) is 16.0. The molecule has 0 radical (unpaired) electrons. The van der Waals surface area contributed by atoms with Crippen molar-refractivity contribution in [1.29, 1.82) is 5.41 Å². The van der Waals surface area contributed by atoms with Crippen LogP contribution in [0.1, 0.15) is 152 Å². The number of carbonyl (C=O) groups excluding carboxylic acids is 16. The summed E-state index contributed by atoms with van der Waals surface area (Å²) in [7, 11) is 4.01. The zero-order chi connectivity index (χ0) is 96.7. The number of imidazole rings is 1. The number of para-hydroxylation sites is 2. The molecule has 0 saturated carbocycles. The normalized spacial score (nSPS) is 23.2. The van der Waals surface area contributed by atoms with Crippen molar-refractivity contribution >= 4 is 134 Å². The van der Waals surface area contributed by atoms with Gasteiger partial charge < -0.3 is 115 Å². The average molecular weight is 1860 g/mol. The third kappa shape index (κ3) is 29.3. The number of carbonyl (C=O) groups is 16. The highest BCUT2D eigenvalue weighted by atomic mass is 32.2. The first-order chi connectivity index (χ1) is 63.6. The van der Waals surface area contributed by atoms with Gasteiger partial charge in [-0.2, -0.15) is 0 Å². The van der Waals surface area contributed by atoms with E-state index < -0.39 is 211 Å². The van der Waals surface area contributed by atoms with Crippen molar-refractivity contribution in [2.24, 2.45) is 23.1 Å². The number of primary amides is 2. The van der Waals surface area contributed by atoms with Crippen LogP contribution in [0.25, 0.3) is 21.8 Å². The lowest BCUT2D eigenvalue weighted by Crippen LogP contribution is -2.61. The van der Waals surface area contributed by atoms with Crippen LogP contribution >= 0.6 is 11.8 Å². The first-order valence-corrected chi connectivity index (χ1v) is 45.5. The third-order valence-electron chi connectivity index (χ3n) is 23.1. The molecule has 2 aliphatic rings. The van der Waals surface area contributed by atoms with Crippen molar-refractivity contribution in [3.63, 3.8) is 0 Å². The second kappa shape index (κ2) is 49.9. The van der Waals surface area contributed by atoms with Crippen LogP contribution in [0, 0.1) is 11.3 Å². The number of amides is 16. The Kier molecular flexibility index (Phi) is 38.6. The van der Waals surface area contributed by atoms with Crippen LogP contribution in [0.3, 0.4) is 0 Å². The molecule has 1 fully saturated rings. The van der Waals surface area contributed by atoms with Crippen LogP contribution in [0.4, 0.5) is 0 Å². The number of aliphatic hydroxyl groups excluding tert-OH is 1. The number of nitrogens with zero attached hydrogens (tertiary/aromatic N) is 9. The van der Waals surface area contributed by atoms with Gasteiger partial charge in [-0.25, -0.2) is 9.67 Å². The van der Waals surface area contributed by atoms with Gasteiger partial charge in [-0.1, -0.05) is 120 Å². The molecule has 0 spiro atoms. The fourth-order valence-corrected chi connectivity index (χ4v) is 16.9. The standard InChI is InChI=1S/C88H123N27O17S/c1-9-11-29-68-82(127)101-59(28-20-32-94-88(91)92)78(123)107-67(77(122)97-43-72(90)118)46-133-47-74(120)99-60(35-51-22-14-13-15-23-51)75-108-109-110-115(75)50(5)76(121)103-65(39-71(89)117)86(131)114-33-21-31-69(114)83(128)102-62(38-54-42-93-48-98-54)80(125)104-63(34-49(3)4)84(129)111(6)44-73(119)100-61(36-52-40-95-57-26-18-16-24-55(52)57)79(124)106-66(45-116)81(126)105-64(37-53-41-96-58-27-19-17-25-56(53)58)85(130)113(8)70(30-12-10-2)87(132)112(68)7/h13-19,22-27,40-42,48-50,59-70,95-96,116H,9-12,20-21,28-39,43-47H2,1-8H3,(H2,89,117)(H2,90,118)(H,93,98)(H,97,122)(H,99,120)(H,100,119)(H,101,127)(H,102,128)(H,103,121)(H,104,125)(H,105,126)(H,106,124)(H,107,123)(H4,91,92,94)/t50-,59-,60-,61-,62-,63-,64-,65-,66-,67-,68-,69-,70-/m0/s1. The summed E-state index contributed by atoms with van der Waals surface area (Å²) in [6.07, 6.45) is 6.29. The minimum Gasteiger partial charge on any atom is -0.394 e. The number of unbranched alkanes of at least 4 members (excludes halogenated alkanes) is 2. The maximum Gasteiger partial charge on any atom is 0.246 e. The lowest BCUT2D eigenvalue weighted by atomic mass is 10.00. The van der Waals surface area contributed by atoms with Gasteiger partial charge in [-0.3, -0.25) is 82.1 Å². The minimum atomic E-state index is -1.85. The molecule has 44 nitrogen and oxygen atoms in total. The molecule has 0 bridgehead atoms. The van der Waals surface area contributed by atoms with Crippen molar-refractivity contribution in [2.45, 2.75) is 216 Å². The maximum absolute atomic E-state index is 15.7. The number of nitrogens with two attached hydrogens (primary N) is 3. The van der Waals surface area contributed by atoms with E-state index in [0.717, 1.165) is 31.1 Å². The fraction of sp³-hybridized carbons (Fsp3) is 0.511. The number of fused-ring (bicyclic) bond motifs is 4. The molecule has 22 N–H and O–H groups in total. The van der Waals surface area contributed by atoms with E-state index in [2.05, 4.69) is 93.9 Å². The topological polar surface area (TPSA) is 644 Å². The van der Waals surface area contributed by atoms with Crippen molar-refractivity contribution in [1.82, 2.24) is 118 Å². The highest BCUT2D eigenvalue weighted by Crippen LogP contribution is 2.27. The predicted octanol–water partition coefficient (Wildman–Crippen LogP) is -2.06. The summed E-state index contributed by atoms with van der Waals surface area (Å²) in [5.74, 6) is -16.0. The zero-order valence-corrected chi connectivity index (χ0v) is 76.6. The van der Waals surface area contributed by atoms with Crippen LogP contribution in [-0.2, 0) is 102 Å². The van der Waals surface area contributed by atoms with Gasteiger partial charge in [0, 0.05) is 112 Å². The Morgan fingerprint density at radius 2 is 1.14 bits per heavy atom. The Hall–Kier alpha value is -13.9. The van der Waals surface area contributed by atoms with Gasteiger partial charge in [0.1, 0.15) is 72.5 Å². The maximum atomic E-state index is 15.7. The van der Waals surface area contributed by atoms with Gasteiger partial charge in [0.25, 0.3) is 0 Å². The Balaban J connectivity index is 1.09. The molecule has 0 unspecified atom stereocenters. The molecule has 133 heavy (non-hydrogen) atoms. The smallest absolute Gasteiger partial charge is 0.246 e. The lowest BCUT2D eigenvalue weighted by Gasteiger charge is -2.36. The second-order valence-corrected chi connectivity index (χ2v) is 34.7. The van der Waals surface area contributed by atoms with Gasteiger partial charge in [0.05, 0.1) is 44.2 Å². The summed E-state index contributed by atoms with van der Waals surface area (Å²) in [6.45, 7) is 6.05. The number of nitrogens with one attached hydrogen (secondary N) is 15. The summed E-state index contributed by atoms with van der Waals surface area (Å²) in [5, 5.41) is 62.0. The van der Waals surface area contributed by atoms with E-state index in [4.69, 9.17) is 22.6 Å². The number of thioether (sulfide) groups is 1. The number of likely N-dealkylation sites (N-methyl/N-ethyl adjacent to an activating group) is 3. The van der Waals surface area contributed by atoms with Gasteiger partial charge in [-0.15, -0.1) is 16.9 Å². The zero-order valence-electron chi connectivity index (χ0n) is 75.8. The number of tetrazole rings is 1. The number of hydrogen-bond acceptors (Lipinski definition) is 23. The van der Waals surface area contributed by atoms with Gasteiger partial charge in [0.2, 0.25) is 94.5 Å². The number of guanidine groups is 1. The predicted molar refractivity (Wildman–Crippen MR) is 489 cm³/mol. The molecule has 16 amide bonds. The molecule has 13 atom stereocenters. The molecular formula is C88H123N27O17S. The van der Waals surface area contributed by atoms with Crippen molar-refractivity contribution < 1.29 is 81.8 Å². The van der Waals surface area contributed by atoms with E-state index in [1.54, 1.807) is 105 Å². The summed E-state index contributed by atoms with van der Waals surface area (Å²) in [6, 6.07) is 3.62. The number of aliphatic hydroxyl groups is 1. The SMILES string of the molecule is CCCC[C@H]1C(=O)N(C)[C@@H](CCCC)C(=O)N[C@@H](CCCNC(=N)N)C(=O)N[C@H](C(=O)NCC(N)=O)CSCC(=O)N[C@@H](Cc2ccccc2)c2nnnn2[C@@H](C)C(=O)N[C@@H](CC(N)=O)C(=O)N2CCC[C@H]2C(=O)N[C@@H](Cc2cnc[nH]2)C(=O)N[C@@H](CC(C)C)C(=O)N(C)CC(=O)N[C@@H](Cc2c[nH]c3ccccc23)C(=O)N[C@@H](CO)C(=O)N[C@@H](Cc2c[nH]c3ccccc23)C(=O)N1C. The highest BCUT2D eigenvalue weighted by Gasteiger charge is 2.44. The van der Waals surface area contributed by atoms with Crippen LogP contribution in [0.15, 0.2) is 104 Å². The van der Waals surface area contributed by atoms with E-state index in [0.29, 0.717) is 69.9 Å². The number of hydrogen-bond donors (Lipinski definition) is 19. The second-order valence-electron chi connectivity index (χ2n) is 33.7. The lowest BCUT2D eigenvalue weighted by molar-refractivity contribution is -0.149.